The molecule has 2 aromatic rings. The average molecular weight is 286 g/mol. The molecule has 0 saturated carbocycles. The molecule has 0 N–H and O–H groups in total. The van der Waals surface area contributed by atoms with Crippen LogP contribution in [0.5, 0.6) is 0 Å². The predicted molar refractivity (Wildman–Crippen MR) is 73.2 cm³/mol. The first-order valence-electron chi connectivity index (χ1n) is 5.86. The van der Waals surface area contributed by atoms with E-state index in [0.29, 0.717) is 11.3 Å². The van der Waals surface area contributed by atoms with E-state index in [-0.39, 0.29) is 11.3 Å². The minimum absolute atomic E-state index is 0.00294. The fraction of sp³-hybridized carbons (Fsp3) is 0.154. The Labute approximate surface area is 118 Å². The van der Waals surface area contributed by atoms with E-state index < -0.39 is 16.4 Å². The van der Waals surface area contributed by atoms with Crippen molar-refractivity contribution in [3.8, 4) is 6.07 Å². The molecule has 0 spiro atoms. The molecule has 2 aromatic heterocycles. The first-order chi connectivity index (χ1) is 9.93. The van der Waals surface area contributed by atoms with Crippen molar-refractivity contribution in [2.75, 3.05) is 0 Å². The molecule has 0 bridgehead atoms. The molecule has 2 heterocycles. The number of pyridine rings is 1. The zero-order valence-corrected chi connectivity index (χ0v) is 11.2. The van der Waals surface area contributed by atoms with E-state index in [2.05, 4.69) is 5.10 Å². The van der Waals surface area contributed by atoms with Gasteiger partial charge in [0.05, 0.1) is 12.3 Å². The van der Waals surface area contributed by atoms with Crippen LogP contribution in [0.25, 0.3) is 0 Å². The maximum Gasteiger partial charge on any atom is 0.433 e. The van der Waals surface area contributed by atoms with Crippen LogP contribution in [0.4, 0.5) is 5.88 Å². The number of hydrogen-bond donors (Lipinski definition) is 0. The van der Waals surface area contributed by atoms with E-state index in [4.69, 9.17) is 9.68 Å². The van der Waals surface area contributed by atoms with Crippen LogP contribution >= 0.6 is 0 Å². The van der Waals surface area contributed by atoms with Gasteiger partial charge in [-0.15, -0.1) is 0 Å². The van der Waals surface area contributed by atoms with Crippen molar-refractivity contribution in [2.45, 2.75) is 13.8 Å². The van der Waals surface area contributed by atoms with E-state index in [0.717, 1.165) is 4.68 Å². The summed E-state index contributed by atoms with van der Waals surface area (Å²) in [4.78, 5) is 21.9. The average Bonchev–Trinajstić information content (AvgIpc) is 2.87. The Kier molecular flexibility index (Phi) is 3.67. The standard InChI is InChI=1S/C13H10N4O4/c1-8-5-9(2)16(13(18)11(8)6-14)15-7-10-3-4-12(21-10)17(19)20/h3-5,7H,1-2H3. The van der Waals surface area contributed by atoms with Crippen molar-refractivity contribution in [1.82, 2.24) is 4.68 Å². The van der Waals surface area contributed by atoms with Gasteiger partial charge in [-0.2, -0.15) is 10.4 Å². The van der Waals surface area contributed by atoms with Crippen LogP contribution in [-0.2, 0) is 0 Å². The molecule has 0 aliphatic carbocycles. The van der Waals surface area contributed by atoms with E-state index in [1.165, 1.54) is 18.3 Å². The van der Waals surface area contributed by atoms with Crippen LogP contribution in [0.15, 0.2) is 32.5 Å². The molecule has 0 fully saturated rings. The quantitative estimate of drug-likeness (QED) is 0.484. The molecule has 0 aliphatic heterocycles. The Morgan fingerprint density at radius 2 is 2.19 bits per heavy atom. The summed E-state index contributed by atoms with van der Waals surface area (Å²) in [7, 11) is 0. The van der Waals surface area contributed by atoms with Crippen molar-refractivity contribution in [3.05, 3.63) is 61.2 Å². The number of aromatic nitrogens is 1. The van der Waals surface area contributed by atoms with Crippen LogP contribution in [0.3, 0.4) is 0 Å². The Bertz CT molecular complexity index is 839. The van der Waals surface area contributed by atoms with E-state index in [1.54, 1.807) is 19.9 Å². The van der Waals surface area contributed by atoms with Gasteiger partial charge in [0.2, 0.25) is 0 Å². The summed E-state index contributed by atoms with van der Waals surface area (Å²) in [6, 6.07) is 6.03. The molecule has 0 aromatic carbocycles. The van der Waals surface area contributed by atoms with Crippen LogP contribution < -0.4 is 5.56 Å². The number of furan rings is 1. The molecule has 0 unspecified atom stereocenters. The smallest absolute Gasteiger partial charge is 0.400 e. The fourth-order valence-electron chi connectivity index (χ4n) is 1.79. The van der Waals surface area contributed by atoms with Crippen molar-refractivity contribution in [3.63, 3.8) is 0 Å². The minimum Gasteiger partial charge on any atom is -0.400 e. The zero-order valence-electron chi connectivity index (χ0n) is 11.2. The highest BCUT2D eigenvalue weighted by Gasteiger charge is 2.11. The second kappa shape index (κ2) is 5.42. The maximum absolute atomic E-state index is 12.1. The summed E-state index contributed by atoms with van der Waals surface area (Å²) in [5.74, 6) is -0.283. The van der Waals surface area contributed by atoms with Gasteiger partial charge in [0.15, 0.2) is 5.76 Å². The van der Waals surface area contributed by atoms with Gasteiger partial charge in [-0.1, -0.05) is 0 Å². The number of rotatable bonds is 3. The number of nitrogens with zero attached hydrogens (tertiary/aromatic N) is 4. The van der Waals surface area contributed by atoms with Crippen LogP contribution in [0.1, 0.15) is 22.6 Å². The summed E-state index contributed by atoms with van der Waals surface area (Å²) < 4.78 is 5.94. The van der Waals surface area contributed by atoms with Crippen molar-refractivity contribution < 1.29 is 9.34 Å². The van der Waals surface area contributed by atoms with E-state index in [1.807, 2.05) is 6.07 Å². The van der Waals surface area contributed by atoms with Crippen LogP contribution in [-0.4, -0.2) is 15.8 Å². The Balaban J connectivity index is 2.44. The molecule has 0 aliphatic rings. The predicted octanol–water partition coefficient (Wildman–Crippen LogP) is 1.72. The number of aryl methyl sites for hydroxylation is 2. The third-order valence-corrected chi connectivity index (χ3v) is 2.76. The third kappa shape index (κ3) is 2.71. The topological polar surface area (TPSA) is 114 Å². The largest absolute Gasteiger partial charge is 0.433 e. The number of nitro groups is 1. The maximum atomic E-state index is 12.1. The molecule has 0 amide bonds. The van der Waals surface area contributed by atoms with E-state index >= 15 is 0 Å². The van der Waals surface area contributed by atoms with Crippen LogP contribution in [0, 0.1) is 35.3 Å². The number of hydrogen-bond acceptors (Lipinski definition) is 6. The first-order valence-corrected chi connectivity index (χ1v) is 5.86. The van der Waals surface area contributed by atoms with Crippen molar-refractivity contribution in [2.24, 2.45) is 5.10 Å². The van der Waals surface area contributed by atoms with Crippen molar-refractivity contribution >= 4 is 12.1 Å². The van der Waals surface area contributed by atoms with Gasteiger partial charge >= 0.3 is 5.88 Å². The lowest BCUT2D eigenvalue weighted by Gasteiger charge is -2.05. The molecule has 0 saturated heterocycles. The first kappa shape index (κ1) is 14.2. The second-order valence-corrected chi connectivity index (χ2v) is 4.25. The highest BCUT2D eigenvalue weighted by Crippen LogP contribution is 2.14. The highest BCUT2D eigenvalue weighted by molar-refractivity contribution is 5.76. The SMILES string of the molecule is Cc1cc(C)n(N=Cc2ccc([N+](=O)[O-])o2)c(=O)c1C#N. The molecule has 8 heteroatoms. The Hall–Kier alpha value is -3.21. The molecule has 0 radical (unpaired) electrons. The summed E-state index contributed by atoms with van der Waals surface area (Å²) in [5, 5.41) is 23.4. The lowest BCUT2D eigenvalue weighted by molar-refractivity contribution is -0.402. The number of nitriles is 1. The van der Waals surface area contributed by atoms with E-state index in [9.17, 15) is 14.9 Å². The fourth-order valence-corrected chi connectivity index (χ4v) is 1.79. The van der Waals surface area contributed by atoms with Gasteiger partial charge in [0.25, 0.3) is 5.56 Å². The third-order valence-electron chi connectivity index (χ3n) is 2.76. The summed E-state index contributed by atoms with van der Waals surface area (Å²) in [6.07, 6.45) is 1.18. The second-order valence-electron chi connectivity index (χ2n) is 4.25. The lowest BCUT2D eigenvalue weighted by atomic mass is 10.1. The van der Waals surface area contributed by atoms with Crippen molar-refractivity contribution in [1.29, 1.82) is 5.26 Å². The van der Waals surface area contributed by atoms with Gasteiger partial charge in [0, 0.05) is 5.69 Å². The molecule has 8 nitrogen and oxygen atoms in total. The van der Waals surface area contributed by atoms with Gasteiger partial charge < -0.3 is 4.42 Å². The Morgan fingerprint density at radius 1 is 1.48 bits per heavy atom. The lowest BCUT2D eigenvalue weighted by Crippen LogP contribution is -2.22. The van der Waals surface area contributed by atoms with Crippen LogP contribution in [0.2, 0.25) is 0 Å². The Morgan fingerprint density at radius 3 is 2.76 bits per heavy atom. The normalized spacial score (nSPS) is 10.7. The molecule has 0 atom stereocenters. The molecule has 21 heavy (non-hydrogen) atoms. The molecule has 2 rings (SSSR count). The molecular formula is C13H10N4O4. The summed E-state index contributed by atoms with van der Waals surface area (Å²) >= 11 is 0. The summed E-state index contributed by atoms with van der Waals surface area (Å²) in [6.45, 7) is 3.33. The minimum atomic E-state index is -0.672. The van der Waals surface area contributed by atoms with Gasteiger partial charge in [-0.05, 0) is 31.5 Å². The molecule has 106 valence electrons. The summed E-state index contributed by atoms with van der Waals surface area (Å²) in [5.41, 5.74) is 0.560. The highest BCUT2D eigenvalue weighted by atomic mass is 16.6. The van der Waals surface area contributed by atoms with Gasteiger partial charge in [0.1, 0.15) is 16.6 Å². The van der Waals surface area contributed by atoms with Gasteiger partial charge in [-0.3, -0.25) is 14.9 Å². The molecular weight excluding hydrogens is 276 g/mol. The monoisotopic (exact) mass is 286 g/mol. The zero-order chi connectivity index (χ0) is 15.6. The van der Waals surface area contributed by atoms with Gasteiger partial charge in [-0.25, -0.2) is 4.68 Å².